The van der Waals surface area contributed by atoms with Gasteiger partial charge >= 0.3 is 6.18 Å². The molecule has 19 heavy (non-hydrogen) atoms. The van der Waals surface area contributed by atoms with Crippen LogP contribution in [0.5, 0.6) is 0 Å². The number of rotatable bonds is 4. The van der Waals surface area contributed by atoms with Gasteiger partial charge in [-0.2, -0.15) is 13.2 Å². The lowest BCUT2D eigenvalue weighted by molar-refractivity contribution is -0.137. The number of hydrogen-bond acceptors (Lipinski definition) is 3. The maximum absolute atomic E-state index is 12.6. The van der Waals surface area contributed by atoms with Crippen LogP contribution in [0.15, 0.2) is 18.2 Å². The summed E-state index contributed by atoms with van der Waals surface area (Å²) in [5.74, 6) is 0. The summed E-state index contributed by atoms with van der Waals surface area (Å²) in [6.45, 7) is 4.13. The maximum atomic E-state index is 12.6. The molecule has 6 heteroatoms. The van der Waals surface area contributed by atoms with E-state index >= 15 is 0 Å². The molecule has 2 nitrogen and oxygen atoms in total. The van der Waals surface area contributed by atoms with Crippen LogP contribution in [0.2, 0.25) is 0 Å². The second kappa shape index (κ2) is 5.36. The van der Waals surface area contributed by atoms with Crippen molar-refractivity contribution in [3.8, 4) is 0 Å². The zero-order valence-electron chi connectivity index (χ0n) is 10.7. The number of benzene rings is 1. The Labute approximate surface area is 113 Å². The molecule has 0 fully saturated rings. The zero-order valence-corrected chi connectivity index (χ0v) is 11.5. The molecule has 0 spiro atoms. The van der Waals surface area contributed by atoms with Gasteiger partial charge in [-0.1, -0.05) is 25.2 Å². The van der Waals surface area contributed by atoms with Gasteiger partial charge in [-0.3, -0.25) is 0 Å². The molecule has 0 bridgehead atoms. The summed E-state index contributed by atoms with van der Waals surface area (Å²) in [6, 6.07) is 3.99. The van der Waals surface area contributed by atoms with Gasteiger partial charge in [-0.25, -0.2) is 4.98 Å². The first-order valence-electron chi connectivity index (χ1n) is 6.18. The van der Waals surface area contributed by atoms with Gasteiger partial charge in [0.25, 0.3) is 0 Å². The van der Waals surface area contributed by atoms with Crippen LogP contribution in [0.1, 0.15) is 32.3 Å². The van der Waals surface area contributed by atoms with Crippen LogP contribution in [0, 0.1) is 0 Å². The predicted octanol–water partition coefficient (Wildman–Crippen LogP) is 4.92. The number of aromatic nitrogens is 1. The van der Waals surface area contributed by atoms with E-state index in [9.17, 15) is 13.2 Å². The van der Waals surface area contributed by atoms with Gasteiger partial charge in [0, 0.05) is 6.04 Å². The second-order valence-electron chi connectivity index (χ2n) is 4.36. The molecule has 0 saturated carbocycles. The number of halogens is 3. The van der Waals surface area contributed by atoms with E-state index in [1.54, 1.807) is 0 Å². The van der Waals surface area contributed by atoms with Crippen molar-refractivity contribution in [3.63, 3.8) is 0 Å². The van der Waals surface area contributed by atoms with Crippen LogP contribution in [-0.2, 0) is 6.18 Å². The molecule has 0 saturated heterocycles. The molecular formula is C13H15F3N2S. The van der Waals surface area contributed by atoms with E-state index in [1.165, 1.54) is 17.4 Å². The molecular weight excluding hydrogens is 273 g/mol. The van der Waals surface area contributed by atoms with E-state index in [4.69, 9.17) is 0 Å². The first-order chi connectivity index (χ1) is 8.94. The standard InChI is InChI=1S/C13H15F3N2S/c1-3-9(4-2)17-12-18-10-7-8(13(14,15)16)5-6-11(10)19-12/h5-7,9H,3-4H2,1-2H3,(H,17,18). The Kier molecular flexibility index (Phi) is 3.99. The number of anilines is 1. The van der Waals surface area contributed by atoms with Crippen LogP contribution < -0.4 is 5.32 Å². The number of hydrogen-bond donors (Lipinski definition) is 1. The third kappa shape index (κ3) is 3.18. The van der Waals surface area contributed by atoms with Crippen molar-refractivity contribution in [2.24, 2.45) is 0 Å². The van der Waals surface area contributed by atoms with Crippen molar-refractivity contribution in [1.29, 1.82) is 0 Å². The summed E-state index contributed by atoms with van der Waals surface area (Å²) in [7, 11) is 0. The van der Waals surface area contributed by atoms with E-state index in [0.717, 1.165) is 29.7 Å². The molecule has 0 aliphatic carbocycles. The van der Waals surface area contributed by atoms with Crippen molar-refractivity contribution in [2.45, 2.75) is 38.9 Å². The van der Waals surface area contributed by atoms with Crippen LogP contribution in [0.4, 0.5) is 18.3 Å². The van der Waals surface area contributed by atoms with E-state index in [1.807, 2.05) is 0 Å². The average molecular weight is 288 g/mol. The molecule has 0 radical (unpaired) electrons. The Bertz CT molecular complexity index is 559. The number of alkyl halides is 3. The number of nitrogens with one attached hydrogen (secondary N) is 1. The van der Waals surface area contributed by atoms with E-state index < -0.39 is 11.7 Å². The molecule has 1 aromatic carbocycles. The lowest BCUT2D eigenvalue weighted by atomic mass is 10.2. The lowest BCUT2D eigenvalue weighted by Crippen LogP contribution is -2.16. The Morgan fingerprint density at radius 2 is 1.95 bits per heavy atom. The number of nitrogens with zero attached hydrogens (tertiary/aromatic N) is 1. The lowest BCUT2D eigenvalue weighted by Gasteiger charge is -2.12. The third-order valence-corrected chi connectivity index (χ3v) is 4.00. The molecule has 0 unspecified atom stereocenters. The Hall–Kier alpha value is -1.30. The SMILES string of the molecule is CCC(CC)Nc1nc2cc(C(F)(F)F)ccc2s1. The summed E-state index contributed by atoms with van der Waals surface area (Å²) in [4.78, 5) is 4.23. The first-order valence-corrected chi connectivity index (χ1v) is 7.00. The molecule has 1 N–H and O–H groups in total. The van der Waals surface area contributed by atoms with Crippen LogP contribution in [-0.4, -0.2) is 11.0 Å². The molecule has 0 aliphatic rings. The highest BCUT2D eigenvalue weighted by atomic mass is 32.1. The minimum absolute atomic E-state index is 0.308. The van der Waals surface area contributed by atoms with Crippen molar-refractivity contribution < 1.29 is 13.2 Å². The zero-order chi connectivity index (χ0) is 14.0. The summed E-state index contributed by atoms with van der Waals surface area (Å²) in [5.41, 5.74) is -0.257. The normalized spacial score (nSPS) is 12.3. The molecule has 1 heterocycles. The van der Waals surface area contributed by atoms with Gasteiger partial charge in [-0.15, -0.1) is 0 Å². The summed E-state index contributed by atoms with van der Waals surface area (Å²) >= 11 is 1.39. The largest absolute Gasteiger partial charge is 0.416 e. The van der Waals surface area contributed by atoms with E-state index in [-0.39, 0.29) is 0 Å². The molecule has 0 amide bonds. The minimum atomic E-state index is -4.32. The monoisotopic (exact) mass is 288 g/mol. The summed E-state index contributed by atoms with van der Waals surface area (Å²) in [5, 5.41) is 3.94. The highest BCUT2D eigenvalue weighted by Crippen LogP contribution is 2.34. The first kappa shape index (κ1) is 14.1. The molecule has 0 aliphatic heterocycles. The average Bonchev–Trinajstić information content (AvgIpc) is 2.76. The van der Waals surface area contributed by atoms with Gasteiger partial charge in [0.1, 0.15) is 0 Å². The quantitative estimate of drug-likeness (QED) is 0.864. The summed E-state index contributed by atoms with van der Waals surface area (Å²) < 4.78 is 38.6. The molecule has 1 aromatic heterocycles. The third-order valence-electron chi connectivity index (χ3n) is 3.03. The highest BCUT2D eigenvalue weighted by Gasteiger charge is 2.30. The Morgan fingerprint density at radius 1 is 1.26 bits per heavy atom. The fraction of sp³-hybridized carbons (Fsp3) is 0.462. The van der Waals surface area contributed by atoms with Gasteiger partial charge < -0.3 is 5.32 Å². The summed E-state index contributed by atoms with van der Waals surface area (Å²) in [6.07, 6.45) is -2.40. The van der Waals surface area contributed by atoms with Crippen LogP contribution >= 0.6 is 11.3 Å². The fourth-order valence-corrected chi connectivity index (χ4v) is 2.76. The second-order valence-corrected chi connectivity index (χ2v) is 5.39. The van der Waals surface area contributed by atoms with Gasteiger partial charge in [0.2, 0.25) is 0 Å². The molecule has 104 valence electrons. The van der Waals surface area contributed by atoms with E-state index in [2.05, 4.69) is 24.1 Å². The van der Waals surface area contributed by atoms with Gasteiger partial charge in [-0.05, 0) is 31.0 Å². The van der Waals surface area contributed by atoms with Crippen LogP contribution in [0.3, 0.4) is 0 Å². The van der Waals surface area contributed by atoms with E-state index in [0.29, 0.717) is 16.7 Å². The van der Waals surface area contributed by atoms with Crippen LogP contribution in [0.25, 0.3) is 10.2 Å². The molecule has 0 atom stereocenters. The minimum Gasteiger partial charge on any atom is -0.359 e. The van der Waals surface area contributed by atoms with Gasteiger partial charge in [0.05, 0.1) is 15.8 Å². The number of fused-ring (bicyclic) bond motifs is 1. The smallest absolute Gasteiger partial charge is 0.359 e. The fourth-order valence-electron chi connectivity index (χ4n) is 1.83. The van der Waals surface area contributed by atoms with Crippen molar-refractivity contribution in [1.82, 2.24) is 4.98 Å². The van der Waals surface area contributed by atoms with Crippen molar-refractivity contribution in [3.05, 3.63) is 23.8 Å². The van der Waals surface area contributed by atoms with Crippen molar-refractivity contribution in [2.75, 3.05) is 5.32 Å². The molecule has 2 rings (SSSR count). The molecule has 2 aromatic rings. The number of thiazole rings is 1. The maximum Gasteiger partial charge on any atom is 0.416 e. The predicted molar refractivity (Wildman–Crippen MR) is 72.6 cm³/mol. The highest BCUT2D eigenvalue weighted by molar-refractivity contribution is 7.22. The topological polar surface area (TPSA) is 24.9 Å². The van der Waals surface area contributed by atoms with Crippen molar-refractivity contribution >= 4 is 26.7 Å². The Morgan fingerprint density at radius 3 is 2.53 bits per heavy atom. The Balaban J connectivity index is 2.30. The van der Waals surface area contributed by atoms with Gasteiger partial charge in [0.15, 0.2) is 5.13 Å².